The number of ether oxygens (including phenoxy) is 1. The molecule has 0 N–H and O–H groups in total. The van der Waals surface area contributed by atoms with Gasteiger partial charge in [0.25, 0.3) is 0 Å². The minimum Gasteiger partial charge on any atom is -0.462 e. The zero-order chi connectivity index (χ0) is 24.7. The summed E-state index contributed by atoms with van der Waals surface area (Å²) in [5.41, 5.74) is 3.71. The maximum Gasteiger partial charge on any atom is 0.302 e. The Bertz CT molecular complexity index is 866. The minimum absolute atomic E-state index is 0.0927. The minimum atomic E-state index is -0.0927. The van der Waals surface area contributed by atoms with Crippen molar-refractivity contribution in [2.24, 2.45) is 50.7 Å². The van der Waals surface area contributed by atoms with Crippen LogP contribution in [0.15, 0.2) is 11.6 Å². The van der Waals surface area contributed by atoms with Crippen LogP contribution in [0.2, 0.25) is 0 Å². The average molecular weight is 469 g/mol. The highest BCUT2D eigenvalue weighted by molar-refractivity contribution is 5.66. The predicted molar refractivity (Wildman–Crippen MR) is 140 cm³/mol. The van der Waals surface area contributed by atoms with E-state index in [1.165, 1.54) is 69.8 Å². The molecule has 0 saturated heterocycles. The Morgan fingerprint density at radius 2 is 1.56 bits per heavy atom. The molecule has 2 heteroatoms. The topological polar surface area (TPSA) is 26.3 Å². The first-order valence-corrected chi connectivity index (χ1v) is 14.6. The van der Waals surface area contributed by atoms with E-state index in [2.05, 4.69) is 54.5 Å². The van der Waals surface area contributed by atoms with E-state index < -0.39 is 0 Å². The number of fused-ring (bicyclic) bond motifs is 2. The monoisotopic (exact) mass is 468 g/mol. The highest BCUT2D eigenvalue weighted by atomic mass is 16.5. The van der Waals surface area contributed by atoms with Crippen LogP contribution in [0.25, 0.3) is 0 Å². The van der Waals surface area contributed by atoms with E-state index in [-0.39, 0.29) is 17.5 Å². The highest BCUT2D eigenvalue weighted by Gasteiger charge is 2.82. The van der Waals surface area contributed by atoms with Crippen molar-refractivity contribution in [2.45, 2.75) is 132 Å². The number of rotatable bonds is 5. The number of hydrogen-bond acceptors (Lipinski definition) is 2. The molecule has 5 fully saturated rings. The van der Waals surface area contributed by atoms with Gasteiger partial charge in [-0.05, 0) is 130 Å². The van der Waals surface area contributed by atoms with Gasteiger partial charge in [-0.15, -0.1) is 0 Å². The normalized spacial score (nSPS) is 49.1. The molecule has 0 radical (unpaired) electrons. The SMILES string of the molecule is CC(=O)OC1CCC23CC24CCC2(C)C([C@H](C)CCC=C(C)C)CC[C@@]2(C)C4CC[C@H]3C1(C)C. The van der Waals surface area contributed by atoms with Gasteiger partial charge in [-0.3, -0.25) is 4.79 Å². The lowest BCUT2D eigenvalue weighted by atomic mass is 9.41. The number of allylic oxidation sites excluding steroid dienone is 2. The van der Waals surface area contributed by atoms with E-state index in [0.29, 0.717) is 21.7 Å². The Balaban J connectivity index is 1.39. The first-order chi connectivity index (χ1) is 15.8. The van der Waals surface area contributed by atoms with Gasteiger partial charge in [-0.1, -0.05) is 46.3 Å². The van der Waals surface area contributed by atoms with Crippen LogP contribution in [0.5, 0.6) is 0 Å². The van der Waals surface area contributed by atoms with Gasteiger partial charge in [-0.2, -0.15) is 0 Å². The molecule has 0 bridgehead atoms. The lowest BCUT2D eigenvalue weighted by molar-refractivity contribution is -0.181. The van der Waals surface area contributed by atoms with Crippen LogP contribution < -0.4 is 0 Å². The third kappa shape index (κ3) is 3.14. The molecule has 5 aliphatic rings. The molecule has 9 atom stereocenters. The Kier molecular flexibility index (Phi) is 5.75. The molecule has 34 heavy (non-hydrogen) atoms. The lowest BCUT2D eigenvalue weighted by Crippen LogP contribution is -2.58. The fraction of sp³-hybridized carbons (Fsp3) is 0.906. The van der Waals surface area contributed by atoms with Crippen molar-refractivity contribution in [3.05, 3.63) is 11.6 Å². The smallest absolute Gasteiger partial charge is 0.302 e. The van der Waals surface area contributed by atoms with Gasteiger partial charge in [0.05, 0.1) is 0 Å². The van der Waals surface area contributed by atoms with Crippen LogP contribution in [-0.4, -0.2) is 12.1 Å². The summed E-state index contributed by atoms with van der Waals surface area (Å²) in [6, 6.07) is 0. The standard InChI is InChI=1S/C32H52O2/c1-21(2)10-9-11-22(3)24-14-16-30(8)26-13-12-25-28(5,6)27(34-23(4)33)15-17-31(25)20-32(26,31)19-18-29(24,30)7/h10,22,24-27H,9,11-20H2,1-8H3/t22-,24?,25+,26?,27?,29?,30+,31?,32?/m1/s1. The fourth-order valence-corrected chi connectivity index (χ4v) is 11.5. The van der Waals surface area contributed by atoms with Gasteiger partial charge in [0.1, 0.15) is 6.10 Å². The molecule has 5 aliphatic carbocycles. The van der Waals surface area contributed by atoms with Crippen molar-refractivity contribution >= 4 is 5.97 Å². The fourth-order valence-electron chi connectivity index (χ4n) is 11.5. The Labute approximate surface area is 210 Å². The molecule has 0 aromatic carbocycles. The number of hydrogen-bond donors (Lipinski definition) is 0. The molecule has 5 saturated carbocycles. The highest BCUT2D eigenvalue weighted by Crippen LogP contribution is 2.89. The Hall–Kier alpha value is -0.790. The molecule has 2 nitrogen and oxygen atoms in total. The average Bonchev–Trinajstić information content (AvgIpc) is 3.32. The number of esters is 1. The third-order valence-electron chi connectivity index (χ3n) is 13.3. The molecule has 5 rings (SSSR count). The maximum atomic E-state index is 11.8. The Morgan fingerprint density at radius 3 is 2.24 bits per heavy atom. The summed E-state index contributed by atoms with van der Waals surface area (Å²) in [4.78, 5) is 11.8. The van der Waals surface area contributed by atoms with Crippen molar-refractivity contribution in [3.8, 4) is 0 Å². The second kappa shape index (κ2) is 7.85. The molecule has 0 aromatic rings. The second-order valence-corrected chi connectivity index (χ2v) is 14.9. The van der Waals surface area contributed by atoms with Crippen LogP contribution in [-0.2, 0) is 9.53 Å². The van der Waals surface area contributed by atoms with Gasteiger partial charge >= 0.3 is 5.97 Å². The molecule has 2 spiro atoms. The molecule has 6 unspecified atom stereocenters. The van der Waals surface area contributed by atoms with Crippen LogP contribution in [0.1, 0.15) is 126 Å². The summed E-state index contributed by atoms with van der Waals surface area (Å²) in [5.74, 6) is 3.27. The largest absolute Gasteiger partial charge is 0.462 e. The zero-order valence-electron chi connectivity index (χ0n) is 23.6. The van der Waals surface area contributed by atoms with Gasteiger partial charge in [0.2, 0.25) is 0 Å². The van der Waals surface area contributed by atoms with Gasteiger partial charge in [0.15, 0.2) is 0 Å². The predicted octanol–water partition coefficient (Wildman–Crippen LogP) is 8.74. The van der Waals surface area contributed by atoms with E-state index in [1.807, 2.05) is 0 Å². The first-order valence-electron chi connectivity index (χ1n) is 14.6. The van der Waals surface area contributed by atoms with Crippen LogP contribution in [0.3, 0.4) is 0 Å². The van der Waals surface area contributed by atoms with E-state index in [1.54, 1.807) is 6.92 Å². The van der Waals surface area contributed by atoms with E-state index in [0.717, 1.165) is 30.1 Å². The molecular weight excluding hydrogens is 416 g/mol. The number of carbonyl (C=O) groups is 1. The van der Waals surface area contributed by atoms with Crippen molar-refractivity contribution in [3.63, 3.8) is 0 Å². The summed E-state index contributed by atoms with van der Waals surface area (Å²) < 4.78 is 5.90. The van der Waals surface area contributed by atoms with Crippen molar-refractivity contribution < 1.29 is 9.53 Å². The van der Waals surface area contributed by atoms with Gasteiger partial charge in [-0.25, -0.2) is 0 Å². The van der Waals surface area contributed by atoms with Gasteiger partial charge in [0, 0.05) is 12.3 Å². The first kappa shape index (κ1) is 24.9. The Morgan fingerprint density at radius 1 is 0.882 bits per heavy atom. The van der Waals surface area contributed by atoms with Crippen LogP contribution in [0, 0.1) is 50.7 Å². The molecule has 0 aliphatic heterocycles. The molecular formula is C32H52O2. The van der Waals surface area contributed by atoms with Gasteiger partial charge < -0.3 is 4.74 Å². The summed E-state index contributed by atoms with van der Waals surface area (Å²) in [6.45, 7) is 18.9. The quantitative estimate of drug-likeness (QED) is 0.298. The van der Waals surface area contributed by atoms with Crippen LogP contribution in [0.4, 0.5) is 0 Å². The van der Waals surface area contributed by atoms with Crippen molar-refractivity contribution in [2.75, 3.05) is 0 Å². The van der Waals surface area contributed by atoms with Crippen LogP contribution >= 0.6 is 0 Å². The maximum absolute atomic E-state index is 11.8. The zero-order valence-corrected chi connectivity index (χ0v) is 23.6. The summed E-state index contributed by atoms with van der Waals surface area (Å²) in [7, 11) is 0. The van der Waals surface area contributed by atoms with Crippen molar-refractivity contribution in [1.29, 1.82) is 0 Å². The molecule has 0 heterocycles. The summed E-state index contributed by atoms with van der Waals surface area (Å²) >= 11 is 0. The van der Waals surface area contributed by atoms with E-state index >= 15 is 0 Å². The number of carbonyl (C=O) groups excluding carboxylic acids is 1. The molecule has 192 valence electrons. The summed E-state index contributed by atoms with van der Waals surface area (Å²) in [5, 5.41) is 0. The summed E-state index contributed by atoms with van der Waals surface area (Å²) in [6.07, 6.45) is 17.6. The van der Waals surface area contributed by atoms with E-state index in [9.17, 15) is 4.79 Å². The second-order valence-electron chi connectivity index (χ2n) is 14.9. The van der Waals surface area contributed by atoms with Crippen molar-refractivity contribution in [1.82, 2.24) is 0 Å². The molecule has 0 aromatic heterocycles. The lowest BCUT2D eigenvalue weighted by Gasteiger charge is -2.63. The van der Waals surface area contributed by atoms with E-state index in [4.69, 9.17) is 4.74 Å². The third-order valence-corrected chi connectivity index (χ3v) is 13.3. The molecule has 0 amide bonds.